The van der Waals surface area contributed by atoms with Crippen LogP contribution in [0.15, 0.2) is 18.5 Å². The summed E-state index contributed by atoms with van der Waals surface area (Å²) in [6.45, 7) is 1.80. The molecular weight excluding hydrogens is 373 g/mol. The summed E-state index contributed by atoms with van der Waals surface area (Å²) in [6, 6.07) is 1.67. The van der Waals surface area contributed by atoms with E-state index in [4.69, 9.17) is 15.5 Å². The molecule has 2 aliphatic rings. The highest BCUT2D eigenvalue weighted by Gasteiger charge is 2.52. The molecule has 8 nitrogen and oxygen atoms in total. The van der Waals surface area contributed by atoms with Crippen molar-refractivity contribution in [3.8, 4) is 11.8 Å². The van der Waals surface area contributed by atoms with Crippen molar-refractivity contribution in [1.29, 1.82) is 0 Å². The largest absolute Gasteiger partial charge is 0.421 e. The van der Waals surface area contributed by atoms with Crippen molar-refractivity contribution >= 4 is 27.6 Å². The topological polar surface area (TPSA) is 115 Å². The van der Waals surface area contributed by atoms with E-state index in [1.807, 2.05) is 0 Å². The lowest BCUT2D eigenvalue weighted by atomic mass is 10.0. The first kappa shape index (κ1) is 16.6. The number of aryl methyl sites for hydroxylation is 1. The number of fused-ring (bicyclic) bond motifs is 2. The molecule has 4 N–H and O–H groups in total. The molecule has 29 heavy (non-hydrogen) atoms. The average Bonchev–Trinajstić information content (AvgIpc) is 3.22. The van der Waals surface area contributed by atoms with E-state index in [9.17, 15) is 4.39 Å². The standard InChI is InChI=1S/C20H18FN7O/c1-7-24-5-8(6-25-7)29-20-27-18-14-10(16(14)22)3-9-11(21)4-12(23-2)17-13(9)15(18)19(26-17)28-20/h4-6,10,14,16,23H,3,22H2,1-2H3,(H,26,27,28). The zero-order valence-electron chi connectivity index (χ0n) is 15.8. The van der Waals surface area contributed by atoms with Crippen LogP contribution in [0.5, 0.6) is 11.8 Å². The Bertz CT molecular complexity index is 1300. The Kier molecular flexibility index (Phi) is 3.21. The van der Waals surface area contributed by atoms with Crippen molar-refractivity contribution in [3.63, 3.8) is 0 Å². The molecule has 0 spiro atoms. The van der Waals surface area contributed by atoms with Crippen molar-refractivity contribution in [1.82, 2.24) is 24.9 Å². The molecule has 0 aliphatic heterocycles. The molecule has 3 aromatic heterocycles. The van der Waals surface area contributed by atoms with Crippen LogP contribution in [0.1, 0.15) is 23.0 Å². The van der Waals surface area contributed by atoms with Gasteiger partial charge in [-0.15, -0.1) is 0 Å². The number of hydrogen-bond donors (Lipinski definition) is 3. The lowest BCUT2D eigenvalue weighted by molar-refractivity contribution is 0.437. The summed E-state index contributed by atoms with van der Waals surface area (Å²) < 4.78 is 20.8. The normalized spacial score (nSPS) is 22.0. The van der Waals surface area contributed by atoms with Crippen LogP contribution in [0.25, 0.3) is 21.9 Å². The molecule has 0 saturated heterocycles. The number of H-pyrrole nitrogens is 1. The molecule has 2 aliphatic carbocycles. The Labute approximate surface area is 164 Å². The van der Waals surface area contributed by atoms with Gasteiger partial charge < -0.3 is 20.8 Å². The van der Waals surface area contributed by atoms with Crippen LogP contribution in [0.3, 0.4) is 0 Å². The smallest absolute Gasteiger partial charge is 0.324 e. The second-order valence-corrected chi connectivity index (χ2v) is 7.66. The second kappa shape index (κ2) is 5.60. The number of aromatic nitrogens is 5. The van der Waals surface area contributed by atoms with E-state index in [0.717, 1.165) is 22.0 Å². The minimum absolute atomic E-state index is 0.0508. The number of nitrogens with one attached hydrogen (secondary N) is 2. The Morgan fingerprint density at radius 2 is 2.03 bits per heavy atom. The van der Waals surface area contributed by atoms with Gasteiger partial charge in [-0.2, -0.15) is 9.97 Å². The van der Waals surface area contributed by atoms with Crippen LogP contribution in [0.4, 0.5) is 10.1 Å². The van der Waals surface area contributed by atoms with E-state index in [-0.39, 0.29) is 29.7 Å². The van der Waals surface area contributed by atoms with E-state index in [0.29, 0.717) is 34.9 Å². The van der Waals surface area contributed by atoms with E-state index in [2.05, 4.69) is 25.3 Å². The number of anilines is 1. The molecule has 4 aromatic rings. The van der Waals surface area contributed by atoms with E-state index >= 15 is 0 Å². The number of aromatic amines is 1. The highest BCUT2D eigenvalue weighted by atomic mass is 19.1. The van der Waals surface area contributed by atoms with Crippen molar-refractivity contribution in [2.45, 2.75) is 25.3 Å². The number of halogens is 1. The van der Waals surface area contributed by atoms with Crippen LogP contribution in [0, 0.1) is 18.7 Å². The average molecular weight is 391 g/mol. The third-order valence-corrected chi connectivity index (χ3v) is 6.01. The first-order chi connectivity index (χ1) is 14.0. The van der Waals surface area contributed by atoms with Gasteiger partial charge in [0.1, 0.15) is 17.3 Å². The van der Waals surface area contributed by atoms with Gasteiger partial charge in [-0.3, -0.25) is 0 Å². The lowest BCUT2D eigenvalue weighted by Gasteiger charge is -2.09. The molecule has 1 fully saturated rings. The third kappa shape index (κ3) is 2.27. The number of rotatable bonds is 3. The van der Waals surface area contributed by atoms with Gasteiger partial charge >= 0.3 is 6.01 Å². The monoisotopic (exact) mass is 391 g/mol. The molecule has 9 heteroatoms. The zero-order chi connectivity index (χ0) is 19.9. The Hall–Kier alpha value is -3.33. The van der Waals surface area contributed by atoms with Gasteiger partial charge in [0.2, 0.25) is 0 Å². The van der Waals surface area contributed by atoms with Crippen molar-refractivity contribution in [2.75, 3.05) is 12.4 Å². The van der Waals surface area contributed by atoms with Gasteiger partial charge in [-0.1, -0.05) is 0 Å². The van der Waals surface area contributed by atoms with Crippen LogP contribution >= 0.6 is 0 Å². The minimum atomic E-state index is -0.231. The quantitative estimate of drug-likeness (QED) is 0.492. The summed E-state index contributed by atoms with van der Waals surface area (Å²) in [6.07, 6.45) is 3.75. The van der Waals surface area contributed by atoms with Crippen LogP contribution in [-0.2, 0) is 6.42 Å². The molecule has 1 aromatic carbocycles. The number of hydrogen-bond acceptors (Lipinski definition) is 7. The molecule has 3 unspecified atom stereocenters. The van der Waals surface area contributed by atoms with Crippen molar-refractivity contribution in [3.05, 3.63) is 41.4 Å². The second-order valence-electron chi connectivity index (χ2n) is 7.66. The van der Waals surface area contributed by atoms with Crippen LogP contribution in [0.2, 0.25) is 0 Å². The summed E-state index contributed by atoms with van der Waals surface area (Å²) in [7, 11) is 1.77. The maximum Gasteiger partial charge on any atom is 0.324 e. The van der Waals surface area contributed by atoms with Gasteiger partial charge in [0.25, 0.3) is 0 Å². The molecule has 0 amide bonds. The fraction of sp³-hybridized carbons (Fsp3) is 0.300. The molecule has 146 valence electrons. The summed E-state index contributed by atoms with van der Waals surface area (Å²) in [5, 5.41) is 4.73. The Morgan fingerprint density at radius 3 is 2.79 bits per heavy atom. The minimum Gasteiger partial charge on any atom is -0.421 e. The predicted octanol–water partition coefficient (Wildman–Crippen LogP) is 2.78. The van der Waals surface area contributed by atoms with Gasteiger partial charge in [-0.05, 0) is 30.9 Å². The highest BCUT2D eigenvalue weighted by Crippen LogP contribution is 2.54. The van der Waals surface area contributed by atoms with E-state index in [1.54, 1.807) is 26.4 Å². The van der Waals surface area contributed by atoms with Gasteiger partial charge in [0, 0.05) is 29.8 Å². The van der Waals surface area contributed by atoms with Crippen LogP contribution < -0.4 is 15.8 Å². The number of nitrogens with zero attached hydrogens (tertiary/aromatic N) is 4. The van der Waals surface area contributed by atoms with Gasteiger partial charge in [0.15, 0.2) is 5.75 Å². The number of nitrogens with two attached hydrogens (primary N) is 1. The molecular formula is C20H18FN7O. The zero-order valence-corrected chi connectivity index (χ0v) is 15.8. The molecule has 6 rings (SSSR count). The Morgan fingerprint density at radius 1 is 1.24 bits per heavy atom. The number of benzene rings is 1. The van der Waals surface area contributed by atoms with Crippen molar-refractivity contribution in [2.24, 2.45) is 11.7 Å². The maximum absolute atomic E-state index is 14.9. The first-order valence-electron chi connectivity index (χ1n) is 9.49. The lowest BCUT2D eigenvalue weighted by Crippen LogP contribution is -2.07. The first-order valence-corrected chi connectivity index (χ1v) is 9.49. The maximum atomic E-state index is 14.9. The summed E-state index contributed by atoms with van der Waals surface area (Å²) in [5.41, 5.74) is 9.93. The summed E-state index contributed by atoms with van der Waals surface area (Å²) in [4.78, 5) is 20.9. The summed E-state index contributed by atoms with van der Waals surface area (Å²) in [5.74, 6) is 1.09. The third-order valence-electron chi connectivity index (χ3n) is 6.01. The van der Waals surface area contributed by atoms with Gasteiger partial charge in [0.05, 0.1) is 29.3 Å². The molecule has 0 radical (unpaired) electrons. The van der Waals surface area contributed by atoms with E-state index in [1.165, 1.54) is 6.07 Å². The summed E-state index contributed by atoms with van der Waals surface area (Å²) >= 11 is 0. The van der Waals surface area contributed by atoms with Crippen molar-refractivity contribution < 1.29 is 9.13 Å². The van der Waals surface area contributed by atoms with E-state index < -0.39 is 0 Å². The SMILES string of the molecule is CNc1cc(F)c2c3c1[nH]c1nc(Oc4cnc(C)nc4)nc(c13)C1C(N)C1C2. The molecule has 3 heterocycles. The predicted molar refractivity (Wildman–Crippen MR) is 106 cm³/mol. The number of ether oxygens (including phenoxy) is 1. The fourth-order valence-corrected chi connectivity index (χ4v) is 4.52. The molecule has 3 atom stereocenters. The van der Waals surface area contributed by atoms with Crippen LogP contribution in [-0.4, -0.2) is 38.0 Å². The highest BCUT2D eigenvalue weighted by molar-refractivity contribution is 6.13. The molecule has 0 bridgehead atoms. The molecule has 1 saturated carbocycles. The van der Waals surface area contributed by atoms with Gasteiger partial charge in [-0.25, -0.2) is 14.4 Å². The fourth-order valence-electron chi connectivity index (χ4n) is 4.52. The Balaban J connectivity index is 1.61.